The topological polar surface area (TPSA) is 43.9 Å². The third-order valence-electron chi connectivity index (χ3n) is 11.4. The predicted molar refractivity (Wildman–Crippen MR) is 259 cm³/mol. The number of para-hydroxylation sites is 2. The van der Waals surface area contributed by atoms with Crippen molar-refractivity contribution in [3.05, 3.63) is 115 Å². The van der Waals surface area contributed by atoms with Crippen molar-refractivity contribution in [1.29, 1.82) is 0 Å². The molecule has 0 fully saturated rings. The van der Waals surface area contributed by atoms with E-state index < -0.39 is 0 Å². The van der Waals surface area contributed by atoms with Crippen LogP contribution in [0.3, 0.4) is 0 Å². The third kappa shape index (κ3) is 5.74. The van der Waals surface area contributed by atoms with Gasteiger partial charge in [0.15, 0.2) is 5.82 Å². The number of aromatic nitrogens is 3. The molecule has 0 amide bonds. The average molecular weight is 738 g/mol. The fraction of sp³-hybridized carbons (Fsp3) is 0. The van der Waals surface area contributed by atoms with Crippen molar-refractivity contribution in [2.75, 3.05) is 0 Å². The maximum Gasteiger partial charge on any atom is 0.159 e. The van der Waals surface area contributed by atoms with Crippen LogP contribution in [-0.2, 0) is 0 Å². The van der Waals surface area contributed by atoms with Crippen LogP contribution in [0.15, 0.2) is 120 Å². The first-order chi connectivity index (χ1) is 28.9. The van der Waals surface area contributed by atoms with E-state index in [0.717, 1.165) is 60.6 Å². The van der Waals surface area contributed by atoms with Crippen LogP contribution < -0.4 is 54.6 Å². The number of nitrogens with zero attached hydrogens (tertiary/aromatic N) is 3. The standard InChI is InChI=1S/C46H19B10N3O/c47-35-33(36(48)40(52)43(55)39(35)51)28-19-27(57-46(58-28)34-37(49)41(53)44(56)42(54)38(34)50)22-9-5-7-20(17-22)21-8-6-10-23(18-21)59-29-13-3-1-12-26(29)32-30(59)16-15-25-24-11-2-4-14-31(24)60-45(25)32/h1-19H. The van der Waals surface area contributed by atoms with Crippen molar-refractivity contribution in [1.82, 2.24) is 14.5 Å². The van der Waals surface area contributed by atoms with E-state index in [1.54, 1.807) is 6.07 Å². The highest BCUT2D eigenvalue weighted by Crippen LogP contribution is 2.41. The first-order valence-corrected chi connectivity index (χ1v) is 18.9. The molecular formula is C46H19B10N3O. The highest BCUT2D eigenvalue weighted by molar-refractivity contribution is 6.70. The Labute approximate surface area is 360 Å². The lowest BCUT2D eigenvalue weighted by atomic mass is 9.60. The summed E-state index contributed by atoms with van der Waals surface area (Å²) in [5.74, 6) is 0.0843. The zero-order valence-electron chi connectivity index (χ0n) is 32.0. The average Bonchev–Trinajstić information content (AvgIpc) is 3.82. The molecule has 3 aromatic heterocycles. The summed E-state index contributed by atoms with van der Waals surface area (Å²) in [5.41, 5.74) is 9.13. The van der Waals surface area contributed by atoms with Crippen molar-refractivity contribution in [2.24, 2.45) is 0 Å². The number of benzene rings is 7. The van der Waals surface area contributed by atoms with Crippen molar-refractivity contribution in [2.45, 2.75) is 0 Å². The second kappa shape index (κ2) is 14.3. The Kier molecular flexibility index (Phi) is 9.05. The molecule has 0 spiro atoms. The molecule has 0 saturated heterocycles. The zero-order valence-corrected chi connectivity index (χ0v) is 32.0. The number of furan rings is 1. The Bertz CT molecular complexity index is 3320. The van der Waals surface area contributed by atoms with Gasteiger partial charge < -0.3 is 8.98 Å². The van der Waals surface area contributed by atoms with Gasteiger partial charge in [-0.3, -0.25) is 0 Å². The van der Waals surface area contributed by atoms with Crippen LogP contribution in [0.2, 0.25) is 0 Å². The molecule has 10 rings (SSSR count). The molecular weight excluding hydrogens is 719 g/mol. The van der Waals surface area contributed by atoms with Crippen molar-refractivity contribution >= 4 is 177 Å². The van der Waals surface area contributed by atoms with Crippen LogP contribution in [0.5, 0.6) is 0 Å². The smallest absolute Gasteiger partial charge is 0.159 e. The molecule has 0 aliphatic heterocycles. The minimum Gasteiger partial charge on any atom is -0.455 e. The molecule has 0 aliphatic rings. The van der Waals surface area contributed by atoms with Gasteiger partial charge in [0.25, 0.3) is 0 Å². The van der Waals surface area contributed by atoms with Crippen LogP contribution in [0.1, 0.15) is 0 Å². The Morgan fingerprint density at radius 3 is 1.65 bits per heavy atom. The first kappa shape index (κ1) is 38.1. The molecule has 10 aromatic rings. The van der Waals surface area contributed by atoms with Crippen molar-refractivity contribution in [3.63, 3.8) is 0 Å². The summed E-state index contributed by atoms with van der Waals surface area (Å²) in [6, 6.07) is 38.8. The minimum absolute atomic E-state index is 0.0411. The van der Waals surface area contributed by atoms with E-state index in [1.165, 1.54) is 0 Å². The molecule has 0 bridgehead atoms. The number of fused-ring (bicyclic) bond motifs is 7. The summed E-state index contributed by atoms with van der Waals surface area (Å²) in [6.45, 7) is 0. The highest BCUT2D eigenvalue weighted by Gasteiger charge is 2.22. The van der Waals surface area contributed by atoms with E-state index in [1.807, 2.05) is 54.6 Å². The molecule has 60 heavy (non-hydrogen) atoms. The molecule has 0 unspecified atom stereocenters. The van der Waals surface area contributed by atoms with E-state index in [0.29, 0.717) is 11.3 Å². The quantitative estimate of drug-likeness (QED) is 0.236. The summed E-state index contributed by atoms with van der Waals surface area (Å²) < 4.78 is 8.79. The second-order valence-corrected chi connectivity index (χ2v) is 14.8. The van der Waals surface area contributed by atoms with Crippen molar-refractivity contribution < 1.29 is 4.42 Å². The van der Waals surface area contributed by atoms with Crippen LogP contribution in [0.4, 0.5) is 0 Å². The summed E-state index contributed by atoms with van der Waals surface area (Å²) >= 11 is 0. The lowest BCUT2D eigenvalue weighted by molar-refractivity contribution is 0.673. The summed E-state index contributed by atoms with van der Waals surface area (Å²) in [6.07, 6.45) is 0. The number of hydrogen-bond acceptors (Lipinski definition) is 3. The number of hydrogen-bond donors (Lipinski definition) is 0. The van der Waals surface area contributed by atoms with E-state index in [2.05, 4.69) is 59.2 Å². The lowest BCUT2D eigenvalue weighted by Crippen LogP contribution is -2.55. The number of rotatable bonds is 5. The third-order valence-corrected chi connectivity index (χ3v) is 11.4. The maximum atomic E-state index is 6.55. The summed E-state index contributed by atoms with van der Waals surface area (Å²) in [7, 11) is 63.6. The van der Waals surface area contributed by atoms with Gasteiger partial charge in [-0.25, -0.2) is 9.97 Å². The van der Waals surface area contributed by atoms with Gasteiger partial charge >= 0.3 is 0 Å². The van der Waals surface area contributed by atoms with E-state index in [-0.39, 0.29) is 77.3 Å². The van der Waals surface area contributed by atoms with E-state index >= 15 is 0 Å². The lowest BCUT2D eigenvalue weighted by Gasteiger charge is -2.23. The van der Waals surface area contributed by atoms with Crippen LogP contribution in [0.25, 0.3) is 94.5 Å². The molecule has 0 N–H and O–H groups in total. The Hall–Kier alpha value is -6.13. The van der Waals surface area contributed by atoms with Crippen LogP contribution in [-0.4, -0.2) is 93.0 Å². The Balaban J connectivity index is 1.15. The molecule has 0 saturated carbocycles. The summed E-state index contributed by atoms with van der Waals surface area (Å²) in [5, 5.41) is 4.30. The van der Waals surface area contributed by atoms with E-state index in [4.69, 9.17) is 92.8 Å². The Morgan fingerprint density at radius 2 is 0.950 bits per heavy atom. The highest BCUT2D eigenvalue weighted by atomic mass is 16.3. The molecule has 0 aliphatic carbocycles. The van der Waals surface area contributed by atoms with Gasteiger partial charge in [-0.1, -0.05) is 88.6 Å². The minimum atomic E-state index is 0.0411. The van der Waals surface area contributed by atoms with Gasteiger partial charge in [0.2, 0.25) is 0 Å². The maximum absolute atomic E-state index is 6.55. The second-order valence-electron chi connectivity index (χ2n) is 14.8. The first-order valence-electron chi connectivity index (χ1n) is 18.9. The fourth-order valence-corrected chi connectivity index (χ4v) is 8.25. The Morgan fingerprint density at radius 1 is 0.400 bits per heavy atom. The summed E-state index contributed by atoms with van der Waals surface area (Å²) in [4.78, 5) is 9.78. The molecule has 0 atom stereocenters. The molecule has 254 valence electrons. The monoisotopic (exact) mass is 739 g/mol. The molecule has 3 heterocycles. The normalized spacial score (nSPS) is 11.7. The van der Waals surface area contributed by atoms with Gasteiger partial charge in [-0.2, -0.15) is 0 Å². The van der Waals surface area contributed by atoms with Gasteiger partial charge in [-0.15, -0.1) is 32.8 Å². The molecule has 4 nitrogen and oxygen atoms in total. The fourth-order valence-electron chi connectivity index (χ4n) is 8.25. The van der Waals surface area contributed by atoms with Crippen LogP contribution >= 0.6 is 0 Å². The van der Waals surface area contributed by atoms with Crippen molar-refractivity contribution in [3.8, 4) is 50.7 Å². The largest absolute Gasteiger partial charge is 0.455 e. The molecule has 14 heteroatoms. The predicted octanol–water partition coefficient (Wildman–Crippen LogP) is 0.0791. The van der Waals surface area contributed by atoms with Gasteiger partial charge in [-0.05, 0) is 65.2 Å². The SMILES string of the molecule is [B]c1c([B])c([B])c(-c2cc(-c3cccc(-c4cccc(-n5c6ccccc6c6c7oc8ccccc8c7ccc65)c4)c3)nc(-c3c([B])c([B])c([B])c([B])c3[B])n2)c([B])c1[B]. The van der Waals surface area contributed by atoms with Crippen LogP contribution in [0, 0.1) is 0 Å². The van der Waals surface area contributed by atoms with Gasteiger partial charge in [0.05, 0.1) is 27.8 Å². The zero-order chi connectivity index (χ0) is 41.7. The molecule has 7 aromatic carbocycles. The molecule has 20 radical (unpaired) electrons. The van der Waals surface area contributed by atoms with Gasteiger partial charge in [0, 0.05) is 33.0 Å². The van der Waals surface area contributed by atoms with Gasteiger partial charge in [0.1, 0.15) is 89.6 Å². The van der Waals surface area contributed by atoms with E-state index in [9.17, 15) is 0 Å².